The molecule has 1 N–H and O–H groups in total. The van der Waals surface area contributed by atoms with Crippen molar-refractivity contribution in [2.45, 2.75) is 12.6 Å². The lowest BCUT2D eigenvalue weighted by atomic mass is 10.1. The number of likely N-dealkylation sites (N-methyl/N-ethyl adjacent to an activating group) is 1. The van der Waals surface area contributed by atoms with Crippen LogP contribution >= 0.6 is 0 Å². The molecule has 0 radical (unpaired) electrons. The molecule has 0 saturated carbocycles. The summed E-state index contributed by atoms with van der Waals surface area (Å²) >= 11 is 0. The van der Waals surface area contributed by atoms with Crippen molar-refractivity contribution in [3.05, 3.63) is 34.3 Å². The minimum Gasteiger partial charge on any atom is -0.408 e. The number of oxazole rings is 1. The fraction of sp³-hybridized carbons (Fsp3) is 0.462. The van der Waals surface area contributed by atoms with Gasteiger partial charge in [-0.25, -0.2) is 4.79 Å². The molecule has 1 aliphatic rings. The predicted molar refractivity (Wildman–Crippen MR) is 69.6 cm³/mol. The van der Waals surface area contributed by atoms with E-state index in [0.717, 1.165) is 25.2 Å². The third-order valence-corrected chi connectivity index (χ3v) is 3.67. The SMILES string of the molecule is CN(Cc1ccc2c(c1)oc(=O)n2C)C1CNC1. The maximum Gasteiger partial charge on any atom is 0.419 e. The molecule has 0 atom stereocenters. The standard InChI is InChI=1S/C13H17N3O2/c1-15(10-6-14-7-10)8-9-3-4-11-12(5-9)18-13(17)16(11)2/h3-5,10,14H,6-8H2,1-2H3. The Morgan fingerprint density at radius 2 is 2.28 bits per heavy atom. The van der Waals surface area contributed by atoms with Crippen LogP contribution in [0.25, 0.3) is 11.1 Å². The molecule has 5 heteroatoms. The Balaban J connectivity index is 1.86. The monoisotopic (exact) mass is 247 g/mol. The molecule has 1 saturated heterocycles. The largest absolute Gasteiger partial charge is 0.419 e. The van der Waals surface area contributed by atoms with E-state index in [0.29, 0.717) is 11.6 Å². The van der Waals surface area contributed by atoms with Crippen LogP contribution in [0.15, 0.2) is 27.4 Å². The molecule has 3 rings (SSSR count). The summed E-state index contributed by atoms with van der Waals surface area (Å²) in [5.74, 6) is -0.307. The van der Waals surface area contributed by atoms with Gasteiger partial charge in [0.05, 0.1) is 5.52 Å². The van der Waals surface area contributed by atoms with Crippen LogP contribution in [0, 0.1) is 0 Å². The van der Waals surface area contributed by atoms with Gasteiger partial charge < -0.3 is 9.73 Å². The fourth-order valence-corrected chi connectivity index (χ4v) is 2.28. The topological polar surface area (TPSA) is 50.4 Å². The summed E-state index contributed by atoms with van der Waals surface area (Å²) < 4.78 is 6.72. The highest BCUT2D eigenvalue weighted by molar-refractivity contribution is 5.73. The Kier molecular flexibility index (Phi) is 2.72. The van der Waals surface area contributed by atoms with Crippen LogP contribution in [0.5, 0.6) is 0 Å². The Morgan fingerprint density at radius 1 is 1.50 bits per heavy atom. The first-order chi connectivity index (χ1) is 8.65. The summed E-state index contributed by atoms with van der Waals surface area (Å²) in [4.78, 5) is 13.7. The third-order valence-electron chi connectivity index (χ3n) is 3.67. The van der Waals surface area contributed by atoms with E-state index in [2.05, 4.69) is 23.3 Å². The lowest BCUT2D eigenvalue weighted by molar-refractivity contribution is 0.173. The molecule has 0 bridgehead atoms. The fourth-order valence-electron chi connectivity index (χ4n) is 2.28. The zero-order chi connectivity index (χ0) is 12.7. The lowest BCUT2D eigenvalue weighted by Gasteiger charge is -2.35. The predicted octanol–water partition coefficient (Wildman–Crippen LogP) is 0.535. The van der Waals surface area contributed by atoms with E-state index in [4.69, 9.17) is 4.42 Å². The number of fused-ring (bicyclic) bond motifs is 1. The first-order valence-electron chi connectivity index (χ1n) is 6.14. The molecule has 96 valence electrons. The van der Waals surface area contributed by atoms with Crippen molar-refractivity contribution in [1.82, 2.24) is 14.8 Å². The van der Waals surface area contributed by atoms with Gasteiger partial charge in [0.25, 0.3) is 0 Å². The summed E-state index contributed by atoms with van der Waals surface area (Å²) in [7, 11) is 3.84. The number of benzene rings is 1. The van der Waals surface area contributed by atoms with Gasteiger partial charge >= 0.3 is 5.76 Å². The number of nitrogens with zero attached hydrogens (tertiary/aromatic N) is 2. The average molecular weight is 247 g/mol. The van der Waals surface area contributed by atoms with Gasteiger partial charge in [0.2, 0.25) is 0 Å². The summed E-state index contributed by atoms with van der Waals surface area (Å²) in [6, 6.07) is 6.57. The molecule has 18 heavy (non-hydrogen) atoms. The van der Waals surface area contributed by atoms with Gasteiger partial charge in [-0.1, -0.05) is 6.07 Å². The van der Waals surface area contributed by atoms with Gasteiger partial charge in [-0.2, -0.15) is 0 Å². The van der Waals surface area contributed by atoms with E-state index in [-0.39, 0.29) is 5.76 Å². The maximum atomic E-state index is 11.4. The van der Waals surface area contributed by atoms with E-state index in [9.17, 15) is 4.79 Å². The van der Waals surface area contributed by atoms with Crippen LogP contribution in [-0.4, -0.2) is 35.6 Å². The minimum absolute atomic E-state index is 0.307. The van der Waals surface area contributed by atoms with E-state index < -0.39 is 0 Å². The molecule has 0 unspecified atom stereocenters. The summed E-state index contributed by atoms with van der Waals surface area (Å²) in [6.07, 6.45) is 0. The number of aryl methyl sites for hydroxylation is 1. The Labute approximate surface area is 105 Å². The molecular weight excluding hydrogens is 230 g/mol. The number of hydrogen-bond acceptors (Lipinski definition) is 4. The van der Waals surface area contributed by atoms with Crippen LogP contribution in [0.1, 0.15) is 5.56 Å². The van der Waals surface area contributed by atoms with E-state index in [1.807, 2.05) is 12.1 Å². The average Bonchev–Trinajstić information content (AvgIpc) is 2.52. The van der Waals surface area contributed by atoms with Gasteiger partial charge in [-0.15, -0.1) is 0 Å². The Hall–Kier alpha value is -1.59. The van der Waals surface area contributed by atoms with E-state index >= 15 is 0 Å². The smallest absolute Gasteiger partial charge is 0.408 e. The van der Waals surface area contributed by atoms with Gasteiger partial charge in [-0.05, 0) is 24.7 Å². The lowest BCUT2D eigenvalue weighted by Crippen LogP contribution is -2.55. The Bertz CT molecular complexity index is 625. The highest BCUT2D eigenvalue weighted by Crippen LogP contribution is 2.16. The van der Waals surface area contributed by atoms with Crippen molar-refractivity contribution in [2.24, 2.45) is 7.05 Å². The van der Waals surface area contributed by atoms with E-state index in [1.54, 1.807) is 7.05 Å². The van der Waals surface area contributed by atoms with Crippen molar-refractivity contribution < 1.29 is 4.42 Å². The van der Waals surface area contributed by atoms with Gasteiger partial charge in [0.15, 0.2) is 5.58 Å². The van der Waals surface area contributed by atoms with Crippen molar-refractivity contribution >= 4 is 11.1 Å². The summed E-state index contributed by atoms with van der Waals surface area (Å²) in [5.41, 5.74) is 2.68. The van der Waals surface area contributed by atoms with Gasteiger partial charge in [0, 0.05) is 32.7 Å². The summed E-state index contributed by atoms with van der Waals surface area (Å²) in [6.45, 7) is 2.99. The normalized spacial score (nSPS) is 16.4. The van der Waals surface area contributed by atoms with E-state index in [1.165, 1.54) is 10.1 Å². The first-order valence-corrected chi connectivity index (χ1v) is 6.14. The zero-order valence-electron chi connectivity index (χ0n) is 10.6. The number of nitrogens with one attached hydrogen (secondary N) is 1. The molecule has 1 aromatic heterocycles. The number of hydrogen-bond donors (Lipinski definition) is 1. The molecular formula is C13H17N3O2. The van der Waals surface area contributed by atoms with Gasteiger partial charge in [-0.3, -0.25) is 9.47 Å². The zero-order valence-corrected chi connectivity index (χ0v) is 10.6. The van der Waals surface area contributed by atoms with Crippen molar-refractivity contribution in [3.63, 3.8) is 0 Å². The second-order valence-corrected chi connectivity index (χ2v) is 4.96. The number of rotatable bonds is 3. The molecule has 2 aromatic rings. The van der Waals surface area contributed by atoms with Crippen LogP contribution in [0.4, 0.5) is 0 Å². The molecule has 1 aromatic carbocycles. The summed E-state index contributed by atoms with van der Waals surface area (Å²) in [5, 5.41) is 3.26. The highest BCUT2D eigenvalue weighted by Gasteiger charge is 2.21. The molecule has 1 fully saturated rings. The van der Waals surface area contributed by atoms with Crippen LogP contribution in [0.2, 0.25) is 0 Å². The van der Waals surface area contributed by atoms with Crippen molar-refractivity contribution in [3.8, 4) is 0 Å². The van der Waals surface area contributed by atoms with Crippen molar-refractivity contribution in [2.75, 3.05) is 20.1 Å². The molecule has 1 aliphatic heterocycles. The van der Waals surface area contributed by atoms with Crippen LogP contribution in [0.3, 0.4) is 0 Å². The maximum absolute atomic E-state index is 11.4. The second-order valence-electron chi connectivity index (χ2n) is 4.96. The highest BCUT2D eigenvalue weighted by atomic mass is 16.4. The van der Waals surface area contributed by atoms with Crippen molar-refractivity contribution in [1.29, 1.82) is 0 Å². The van der Waals surface area contributed by atoms with Gasteiger partial charge in [0.1, 0.15) is 0 Å². The third kappa shape index (κ3) is 1.85. The quantitative estimate of drug-likeness (QED) is 0.860. The minimum atomic E-state index is -0.307. The molecule has 5 nitrogen and oxygen atoms in total. The number of aromatic nitrogens is 1. The molecule has 0 aliphatic carbocycles. The first kappa shape index (κ1) is 11.5. The van der Waals surface area contributed by atoms with Crippen LogP contribution < -0.4 is 11.1 Å². The molecule has 2 heterocycles. The second kappa shape index (κ2) is 4.26. The molecule has 0 amide bonds. The molecule has 0 spiro atoms. The van der Waals surface area contributed by atoms with Crippen LogP contribution in [-0.2, 0) is 13.6 Å². The Morgan fingerprint density at radius 3 is 2.94 bits per heavy atom.